The Hall–Kier alpha value is -1.70. The first-order valence-electron chi connectivity index (χ1n) is 13.2. The Morgan fingerprint density at radius 1 is 1.03 bits per heavy atom. The molecule has 0 aromatic heterocycles. The van der Waals surface area contributed by atoms with Crippen LogP contribution >= 0.6 is 0 Å². The van der Waals surface area contributed by atoms with Crippen molar-refractivity contribution in [3.63, 3.8) is 0 Å². The molecular formula is C29H38N2. The van der Waals surface area contributed by atoms with Crippen molar-refractivity contribution in [2.45, 2.75) is 90.0 Å². The van der Waals surface area contributed by atoms with Crippen molar-refractivity contribution in [1.82, 2.24) is 10.2 Å². The van der Waals surface area contributed by atoms with Crippen LogP contribution in [-0.4, -0.2) is 17.5 Å². The number of dihydropyridines is 1. The fourth-order valence-corrected chi connectivity index (χ4v) is 8.47. The monoisotopic (exact) mass is 414 g/mol. The van der Waals surface area contributed by atoms with Crippen LogP contribution in [0.15, 0.2) is 58.6 Å². The molecule has 8 aliphatic rings. The Bertz CT molecular complexity index is 933. The second-order valence-electron chi connectivity index (χ2n) is 12.1. The summed E-state index contributed by atoms with van der Waals surface area (Å²) >= 11 is 0. The van der Waals surface area contributed by atoms with E-state index >= 15 is 0 Å². The van der Waals surface area contributed by atoms with E-state index in [1.54, 1.807) is 22.5 Å². The zero-order valence-electron chi connectivity index (χ0n) is 19.3. The van der Waals surface area contributed by atoms with Gasteiger partial charge in [0, 0.05) is 35.6 Å². The van der Waals surface area contributed by atoms with E-state index in [1.807, 2.05) is 5.57 Å². The number of nitrogens with one attached hydrogen (secondary N) is 1. The van der Waals surface area contributed by atoms with E-state index in [2.05, 4.69) is 47.6 Å². The molecule has 3 saturated carbocycles. The first kappa shape index (κ1) is 18.8. The van der Waals surface area contributed by atoms with Crippen LogP contribution in [0.2, 0.25) is 0 Å². The van der Waals surface area contributed by atoms with Crippen molar-refractivity contribution in [2.75, 3.05) is 6.54 Å². The molecule has 3 aliphatic heterocycles. The van der Waals surface area contributed by atoms with Crippen molar-refractivity contribution < 1.29 is 0 Å². The molecule has 2 heteroatoms. The summed E-state index contributed by atoms with van der Waals surface area (Å²) in [6.07, 6.45) is 29.2. The van der Waals surface area contributed by atoms with Crippen LogP contribution in [0.5, 0.6) is 0 Å². The minimum absolute atomic E-state index is 0.567. The van der Waals surface area contributed by atoms with Crippen LogP contribution in [-0.2, 0) is 0 Å². The maximum Gasteiger partial charge on any atom is 0.0588 e. The molecule has 0 radical (unpaired) electrons. The summed E-state index contributed by atoms with van der Waals surface area (Å²) in [6.45, 7) is 3.55. The zero-order chi connectivity index (χ0) is 20.6. The standard InChI is InChI=1S/C29H38N2/c1-28-11-14-29(15-12-28,16-13-28)18-21-7-9-23-24-19-30-17-10-26(24)31-25-5-3-2-4-20(25)6-8-22(21)27(23)31/h2,4,6,10,19,21,23,25,30H,3,5,7-9,11-18H2,1H3. The van der Waals surface area contributed by atoms with Gasteiger partial charge < -0.3 is 10.2 Å². The van der Waals surface area contributed by atoms with Crippen LogP contribution in [0.3, 0.4) is 0 Å². The number of nitrogens with zero attached hydrogens (tertiary/aromatic N) is 1. The van der Waals surface area contributed by atoms with Gasteiger partial charge in [-0.05, 0) is 111 Å². The molecule has 8 rings (SSSR count). The molecule has 0 aromatic carbocycles. The molecule has 0 amide bonds. The van der Waals surface area contributed by atoms with E-state index in [9.17, 15) is 0 Å². The molecule has 4 fully saturated rings. The normalized spacial score (nSPS) is 42.7. The number of hydrogen-bond acceptors (Lipinski definition) is 2. The summed E-state index contributed by atoms with van der Waals surface area (Å²) in [5, 5.41) is 3.54. The summed E-state index contributed by atoms with van der Waals surface area (Å²) in [6, 6.07) is 0.567. The molecule has 2 nitrogen and oxygen atoms in total. The molecule has 5 aliphatic carbocycles. The Kier molecular flexibility index (Phi) is 4.04. The maximum atomic E-state index is 3.54. The second-order valence-corrected chi connectivity index (χ2v) is 12.1. The van der Waals surface area contributed by atoms with Gasteiger partial charge in [0.25, 0.3) is 0 Å². The summed E-state index contributed by atoms with van der Waals surface area (Å²) in [5.41, 5.74) is 9.65. The van der Waals surface area contributed by atoms with E-state index in [1.165, 1.54) is 77.0 Å². The minimum Gasteiger partial charge on any atom is -0.387 e. The molecule has 31 heavy (non-hydrogen) atoms. The lowest BCUT2D eigenvalue weighted by molar-refractivity contribution is -0.0122. The summed E-state index contributed by atoms with van der Waals surface area (Å²) < 4.78 is 0. The van der Waals surface area contributed by atoms with Gasteiger partial charge in [-0.2, -0.15) is 0 Å². The average molecular weight is 415 g/mol. The lowest BCUT2D eigenvalue weighted by atomic mass is 9.52. The quantitative estimate of drug-likeness (QED) is 0.537. The third-order valence-electron chi connectivity index (χ3n) is 10.4. The van der Waals surface area contributed by atoms with Crippen molar-refractivity contribution >= 4 is 0 Å². The molecule has 2 bridgehead atoms. The molecule has 1 saturated heterocycles. The molecule has 3 heterocycles. The van der Waals surface area contributed by atoms with Gasteiger partial charge in [-0.25, -0.2) is 0 Å². The molecule has 0 spiro atoms. The molecular weight excluding hydrogens is 376 g/mol. The highest BCUT2D eigenvalue weighted by molar-refractivity contribution is 5.54. The Labute approximate surface area is 188 Å². The minimum atomic E-state index is 0.567. The molecule has 0 aromatic rings. The van der Waals surface area contributed by atoms with E-state index in [-0.39, 0.29) is 0 Å². The van der Waals surface area contributed by atoms with Gasteiger partial charge in [-0.3, -0.25) is 0 Å². The Morgan fingerprint density at radius 2 is 1.87 bits per heavy atom. The summed E-state index contributed by atoms with van der Waals surface area (Å²) in [4.78, 5) is 2.84. The highest BCUT2D eigenvalue weighted by atomic mass is 15.2. The zero-order valence-corrected chi connectivity index (χ0v) is 19.3. The van der Waals surface area contributed by atoms with Crippen LogP contribution in [0.25, 0.3) is 0 Å². The topological polar surface area (TPSA) is 15.3 Å². The van der Waals surface area contributed by atoms with Crippen molar-refractivity contribution in [1.29, 1.82) is 0 Å². The lowest BCUT2D eigenvalue weighted by Crippen LogP contribution is -2.41. The highest BCUT2D eigenvalue weighted by Crippen LogP contribution is 2.62. The first-order chi connectivity index (χ1) is 15.1. The molecule has 164 valence electrons. The first-order valence-corrected chi connectivity index (χ1v) is 13.2. The van der Waals surface area contributed by atoms with Gasteiger partial charge in [-0.15, -0.1) is 0 Å². The van der Waals surface area contributed by atoms with Crippen molar-refractivity contribution in [3.05, 3.63) is 58.6 Å². The van der Waals surface area contributed by atoms with Crippen molar-refractivity contribution in [3.8, 4) is 0 Å². The van der Waals surface area contributed by atoms with Crippen molar-refractivity contribution in [2.24, 2.45) is 22.7 Å². The Balaban J connectivity index is 1.30. The van der Waals surface area contributed by atoms with E-state index in [0.717, 1.165) is 12.5 Å². The number of fused-ring (bicyclic) bond motifs is 8. The van der Waals surface area contributed by atoms with Gasteiger partial charge in [0.1, 0.15) is 0 Å². The van der Waals surface area contributed by atoms with E-state index < -0.39 is 0 Å². The van der Waals surface area contributed by atoms with E-state index in [0.29, 0.717) is 22.8 Å². The van der Waals surface area contributed by atoms with Gasteiger partial charge in [0.05, 0.1) is 6.04 Å². The fraction of sp³-hybridized carbons (Fsp3) is 0.655. The van der Waals surface area contributed by atoms with Gasteiger partial charge in [0.15, 0.2) is 0 Å². The number of rotatable bonds is 2. The SMILES string of the molecule is CC12CCC(CC3CCC4C5=CNCC=C5N5C4=C3CC=C3C=CCCC35)(CC1)CC2. The van der Waals surface area contributed by atoms with Gasteiger partial charge >= 0.3 is 0 Å². The summed E-state index contributed by atoms with van der Waals surface area (Å²) in [7, 11) is 0. The predicted molar refractivity (Wildman–Crippen MR) is 127 cm³/mol. The predicted octanol–water partition coefficient (Wildman–Crippen LogP) is 6.75. The second kappa shape index (κ2) is 6.65. The third-order valence-corrected chi connectivity index (χ3v) is 10.4. The Morgan fingerprint density at radius 3 is 2.71 bits per heavy atom. The molecule has 3 atom stereocenters. The van der Waals surface area contributed by atoms with Crippen LogP contribution < -0.4 is 5.32 Å². The smallest absolute Gasteiger partial charge is 0.0588 e. The maximum absolute atomic E-state index is 3.54. The van der Waals surface area contributed by atoms with Gasteiger partial charge in [0.2, 0.25) is 0 Å². The van der Waals surface area contributed by atoms with Gasteiger partial charge in [-0.1, -0.05) is 25.2 Å². The fourth-order valence-electron chi connectivity index (χ4n) is 8.47. The number of allylic oxidation sites excluding steroid dienone is 5. The summed E-state index contributed by atoms with van der Waals surface area (Å²) in [5.74, 6) is 1.45. The molecule has 3 unspecified atom stereocenters. The molecule has 1 N–H and O–H groups in total. The van der Waals surface area contributed by atoms with Crippen LogP contribution in [0.4, 0.5) is 0 Å². The number of hydrogen-bond donors (Lipinski definition) is 1. The largest absolute Gasteiger partial charge is 0.387 e. The highest BCUT2D eigenvalue weighted by Gasteiger charge is 2.50. The third kappa shape index (κ3) is 2.75. The average Bonchev–Trinajstić information content (AvgIpc) is 3.03. The van der Waals surface area contributed by atoms with Crippen LogP contribution in [0, 0.1) is 22.7 Å². The lowest BCUT2D eigenvalue weighted by Gasteiger charge is -2.54. The van der Waals surface area contributed by atoms with Crippen LogP contribution in [0.1, 0.15) is 84.0 Å². The van der Waals surface area contributed by atoms with E-state index in [4.69, 9.17) is 0 Å².